The van der Waals surface area contributed by atoms with Crippen molar-refractivity contribution in [1.29, 1.82) is 0 Å². The zero-order valence-corrected chi connectivity index (χ0v) is 51.1. The predicted molar refractivity (Wildman–Crippen MR) is 328 cm³/mol. The summed E-state index contributed by atoms with van der Waals surface area (Å²) in [4.78, 5) is 37.7. The van der Waals surface area contributed by atoms with E-state index < -0.39 is 20.0 Å². The number of nitrogens with one attached hydrogen (secondary N) is 1. The Morgan fingerprint density at radius 2 is 0.842 bits per heavy atom. The Balaban J connectivity index is 5.24. The first-order valence-electron chi connectivity index (χ1n) is 31.4. The monoisotopic (exact) mass is 1080 g/mol. The van der Waals surface area contributed by atoms with E-state index in [1.54, 1.807) is 0 Å². The van der Waals surface area contributed by atoms with Crippen LogP contribution >= 0.6 is 7.82 Å². The maximum Gasteiger partial charge on any atom is 0.472 e. The normalized spacial score (nSPS) is 14.2. The number of unbranched alkanes of at least 4 members (excludes halogenated alkanes) is 28. The summed E-state index contributed by atoms with van der Waals surface area (Å²) in [5.74, 6) is -0.523. The van der Waals surface area contributed by atoms with Crippen LogP contribution in [0.3, 0.4) is 0 Å². The molecule has 3 unspecified atom stereocenters. The molecule has 76 heavy (non-hydrogen) atoms. The van der Waals surface area contributed by atoms with Crippen LogP contribution in [-0.2, 0) is 27.9 Å². The van der Waals surface area contributed by atoms with Crippen molar-refractivity contribution in [2.24, 2.45) is 0 Å². The van der Waals surface area contributed by atoms with E-state index in [2.05, 4.69) is 99.0 Å². The highest BCUT2D eigenvalue weighted by molar-refractivity contribution is 7.47. The molecule has 0 saturated carbocycles. The van der Waals surface area contributed by atoms with E-state index in [4.69, 9.17) is 13.8 Å². The van der Waals surface area contributed by atoms with Crippen LogP contribution in [-0.4, -0.2) is 74.3 Å². The average Bonchev–Trinajstić information content (AvgIpc) is 3.38. The Morgan fingerprint density at radius 3 is 1.29 bits per heavy atom. The van der Waals surface area contributed by atoms with Crippen LogP contribution in [0.25, 0.3) is 0 Å². The second-order valence-corrected chi connectivity index (χ2v) is 23.6. The molecule has 0 radical (unpaired) electrons. The van der Waals surface area contributed by atoms with Gasteiger partial charge in [-0.3, -0.25) is 18.6 Å². The first-order valence-corrected chi connectivity index (χ1v) is 32.9. The molecule has 0 aromatic heterocycles. The molecule has 1 amide bonds. The Bertz CT molecular complexity index is 1580. The second kappa shape index (κ2) is 55.5. The molecule has 9 nitrogen and oxygen atoms in total. The average molecular weight is 1080 g/mol. The van der Waals surface area contributed by atoms with Crippen molar-refractivity contribution in [1.82, 2.24) is 5.32 Å². The number of hydrogen-bond donors (Lipinski definition) is 2. The molecule has 440 valence electrons. The summed E-state index contributed by atoms with van der Waals surface area (Å²) in [6.45, 7) is 6.88. The van der Waals surface area contributed by atoms with Crippen LogP contribution in [0.1, 0.15) is 271 Å². The van der Waals surface area contributed by atoms with Gasteiger partial charge in [-0.15, -0.1) is 0 Å². The smallest absolute Gasteiger partial charge is 0.456 e. The molecule has 0 bridgehead atoms. The van der Waals surface area contributed by atoms with E-state index in [0.29, 0.717) is 17.4 Å². The minimum atomic E-state index is -4.45. The van der Waals surface area contributed by atoms with Gasteiger partial charge in [0.25, 0.3) is 0 Å². The minimum Gasteiger partial charge on any atom is -0.456 e. The summed E-state index contributed by atoms with van der Waals surface area (Å²) < 4.78 is 30.7. The fraction of sp³-hybridized carbons (Fsp3) is 0.758. The van der Waals surface area contributed by atoms with Crippen molar-refractivity contribution in [3.63, 3.8) is 0 Å². The Morgan fingerprint density at radius 1 is 0.474 bits per heavy atom. The Labute approximate surface area is 469 Å². The lowest BCUT2D eigenvalue weighted by Crippen LogP contribution is -2.47. The molecule has 0 fully saturated rings. The molecule has 10 heteroatoms. The third-order valence-corrected chi connectivity index (χ3v) is 14.6. The van der Waals surface area contributed by atoms with Gasteiger partial charge in [-0.2, -0.15) is 0 Å². The highest BCUT2D eigenvalue weighted by Crippen LogP contribution is 2.43. The molecule has 3 atom stereocenters. The standard InChI is InChI=1S/C66H119N2O7P/c1-7-10-13-16-19-22-25-28-30-31-32-33-34-35-36-37-39-41-44-47-50-53-56-59-66(70)75-64(57-54-51-48-45-42-27-24-21-18-15-12-9-3)63(62-74-76(71,72)73-61-60-68(4,5)6)67-65(69)58-55-52-49-46-43-40-38-29-26-23-20-17-14-11-8-2/h10,13,19,22-23,26,28,30,32-33,35-36,54,57,63-64H,7-9,11-12,14-18,20-21,24-25,27,29,31,34,37-53,55-56,58-62H2,1-6H3,(H-,67,69,71,72)/p+1/b13-10-,22-19-,26-23-,30-28-,33-32-,36-35-,57-54-. The van der Waals surface area contributed by atoms with Crippen molar-refractivity contribution in [3.05, 3.63) is 85.1 Å². The maximum absolute atomic E-state index is 13.5. The number of carbonyl (C=O) groups excluding carboxylic acids is 2. The summed E-state index contributed by atoms with van der Waals surface area (Å²) >= 11 is 0. The third-order valence-electron chi connectivity index (χ3n) is 13.6. The number of ether oxygens (including phenoxy) is 1. The molecule has 0 spiro atoms. The Hall–Kier alpha value is -2.81. The number of hydrogen-bond acceptors (Lipinski definition) is 6. The van der Waals surface area contributed by atoms with Crippen molar-refractivity contribution in [2.45, 2.75) is 283 Å². The number of amides is 1. The summed E-state index contributed by atoms with van der Waals surface area (Å²) in [6.07, 6.45) is 72.9. The number of carbonyl (C=O) groups is 2. The predicted octanol–water partition coefficient (Wildman–Crippen LogP) is 19.4. The van der Waals surface area contributed by atoms with Crippen molar-refractivity contribution in [2.75, 3.05) is 40.9 Å². The first-order chi connectivity index (χ1) is 36.9. The van der Waals surface area contributed by atoms with Crippen molar-refractivity contribution >= 4 is 19.7 Å². The number of phosphoric ester groups is 1. The number of quaternary nitrogens is 1. The number of nitrogens with zero attached hydrogens (tertiary/aromatic N) is 1. The minimum absolute atomic E-state index is 0.0345. The van der Waals surface area contributed by atoms with Crippen molar-refractivity contribution in [3.8, 4) is 0 Å². The Kier molecular flexibility index (Phi) is 53.5. The van der Waals surface area contributed by atoms with Crippen LogP contribution < -0.4 is 5.32 Å². The molecule has 0 aliphatic heterocycles. The lowest BCUT2D eigenvalue weighted by Gasteiger charge is -2.27. The maximum atomic E-state index is 13.5. The van der Waals surface area contributed by atoms with Crippen LogP contribution in [0, 0.1) is 0 Å². The van der Waals surface area contributed by atoms with Gasteiger partial charge in [0.1, 0.15) is 19.3 Å². The number of likely N-dealkylation sites (N-methyl/N-ethyl adjacent to an activating group) is 1. The molecule has 2 N–H and O–H groups in total. The fourth-order valence-electron chi connectivity index (χ4n) is 8.73. The van der Waals surface area contributed by atoms with Gasteiger partial charge in [0.2, 0.25) is 5.91 Å². The number of phosphoric acid groups is 1. The lowest BCUT2D eigenvalue weighted by molar-refractivity contribution is -0.870. The molecule has 0 rings (SSSR count). The van der Waals surface area contributed by atoms with Gasteiger partial charge >= 0.3 is 13.8 Å². The van der Waals surface area contributed by atoms with Gasteiger partial charge in [0, 0.05) is 12.8 Å². The van der Waals surface area contributed by atoms with Gasteiger partial charge < -0.3 is 19.4 Å². The van der Waals surface area contributed by atoms with Crippen LogP contribution in [0.4, 0.5) is 0 Å². The van der Waals surface area contributed by atoms with Gasteiger partial charge in [0.05, 0.1) is 33.8 Å². The largest absolute Gasteiger partial charge is 0.472 e. The summed E-state index contributed by atoms with van der Waals surface area (Å²) in [6, 6.07) is -0.858. The van der Waals surface area contributed by atoms with E-state index in [0.717, 1.165) is 116 Å². The molecular formula is C66H120N2O7P+. The molecule has 0 aromatic rings. The molecule has 0 aliphatic rings. The van der Waals surface area contributed by atoms with E-state index >= 15 is 0 Å². The molecule has 0 aromatic carbocycles. The number of allylic oxidation sites excluding steroid dienone is 13. The van der Waals surface area contributed by atoms with E-state index in [9.17, 15) is 19.0 Å². The van der Waals surface area contributed by atoms with E-state index in [1.165, 1.54) is 122 Å². The van der Waals surface area contributed by atoms with Crippen LogP contribution in [0.5, 0.6) is 0 Å². The quantitative estimate of drug-likeness (QED) is 0.0205. The molecule has 0 heterocycles. The van der Waals surface area contributed by atoms with Crippen LogP contribution in [0.15, 0.2) is 85.1 Å². The van der Waals surface area contributed by atoms with Gasteiger partial charge in [-0.25, -0.2) is 4.57 Å². The fourth-order valence-corrected chi connectivity index (χ4v) is 9.46. The van der Waals surface area contributed by atoms with Crippen molar-refractivity contribution < 1.29 is 37.3 Å². The molecule has 0 saturated heterocycles. The zero-order chi connectivity index (χ0) is 55.7. The third kappa shape index (κ3) is 55.9. The van der Waals surface area contributed by atoms with Gasteiger partial charge in [-0.1, -0.05) is 241 Å². The first kappa shape index (κ1) is 73.2. The van der Waals surface area contributed by atoms with Gasteiger partial charge in [0.15, 0.2) is 0 Å². The highest BCUT2D eigenvalue weighted by atomic mass is 31.2. The zero-order valence-electron chi connectivity index (χ0n) is 50.2. The summed E-state index contributed by atoms with van der Waals surface area (Å²) in [7, 11) is 1.48. The van der Waals surface area contributed by atoms with Crippen LogP contribution in [0.2, 0.25) is 0 Å². The number of rotatable bonds is 56. The summed E-state index contributed by atoms with van der Waals surface area (Å²) in [5.41, 5.74) is 0. The van der Waals surface area contributed by atoms with Gasteiger partial charge in [-0.05, 0) is 102 Å². The van der Waals surface area contributed by atoms with E-state index in [-0.39, 0.29) is 31.5 Å². The number of esters is 1. The van der Waals surface area contributed by atoms with E-state index in [1.807, 2.05) is 33.3 Å². The summed E-state index contributed by atoms with van der Waals surface area (Å²) in [5, 5.41) is 3.05. The molecule has 0 aliphatic carbocycles. The molecular weight excluding hydrogens is 964 g/mol. The highest BCUT2D eigenvalue weighted by Gasteiger charge is 2.30. The SMILES string of the molecule is CC/C=C\C/C=C\C/C=C\C/C=C\C/C=C\CCCCCCCCCC(=O)OC(/C=C\CCCCCCCCCCCC)C(COP(=O)(O)OCC[N+](C)(C)C)NC(=O)CCCCCCCCC/C=C\CCCCCC. The second-order valence-electron chi connectivity index (χ2n) is 22.2. The topological polar surface area (TPSA) is 111 Å². The lowest BCUT2D eigenvalue weighted by atomic mass is 10.0.